The second-order valence-corrected chi connectivity index (χ2v) is 4.82. The number of rotatable bonds is 4. The molecule has 0 radical (unpaired) electrons. The second-order valence-electron chi connectivity index (χ2n) is 4.82. The van der Waals surface area contributed by atoms with Gasteiger partial charge in [0, 0.05) is 19.2 Å². The molecule has 0 saturated carbocycles. The number of furan rings is 1. The minimum absolute atomic E-state index is 0.158. The predicted octanol–water partition coefficient (Wildman–Crippen LogP) is 0.882. The van der Waals surface area contributed by atoms with E-state index in [1.165, 1.54) is 6.20 Å². The van der Waals surface area contributed by atoms with Crippen LogP contribution < -0.4 is 5.56 Å². The summed E-state index contributed by atoms with van der Waals surface area (Å²) < 4.78 is 6.64. The number of fused-ring (bicyclic) bond motifs is 1. The van der Waals surface area contributed by atoms with Crippen LogP contribution in [0.2, 0.25) is 0 Å². The van der Waals surface area contributed by atoms with Crippen LogP contribution in [-0.2, 0) is 20.1 Å². The summed E-state index contributed by atoms with van der Waals surface area (Å²) in [6.45, 7) is 1.27. The molecule has 0 fully saturated rings. The van der Waals surface area contributed by atoms with Crippen LogP contribution in [0.3, 0.4) is 0 Å². The fraction of sp³-hybridized carbons (Fsp3) is 0.308. The number of aromatic nitrogens is 4. The van der Waals surface area contributed by atoms with Crippen LogP contribution in [0.1, 0.15) is 11.4 Å². The summed E-state index contributed by atoms with van der Waals surface area (Å²) in [5.41, 5.74) is 1.52. The van der Waals surface area contributed by atoms with Crippen molar-refractivity contribution >= 4 is 11.0 Å². The first-order chi connectivity index (χ1) is 9.63. The lowest BCUT2D eigenvalue weighted by atomic mass is 10.3. The van der Waals surface area contributed by atoms with Gasteiger partial charge in [-0.2, -0.15) is 5.10 Å². The van der Waals surface area contributed by atoms with E-state index >= 15 is 0 Å². The van der Waals surface area contributed by atoms with Crippen LogP contribution in [0.15, 0.2) is 34.0 Å². The number of nitrogens with zero attached hydrogens (tertiary/aromatic N) is 4. The molecular formula is C13H15N5O2. The number of nitrogens with one attached hydrogen (secondary N) is 1. The molecule has 0 saturated heterocycles. The smallest absolute Gasteiger partial charge is 0.262 e. The van der Waals surface area contributed by atoms with Crippen molar-refractivity contribution in [1.82, 2.24) is 24.6 Å². The van der Waals surface area contributed by atoms with Gasteiger partial charge < -0.3 is 9.40 Å². The van der Waals surface area contributed by atoms with Gasteiger partial charge >= 0.3 is 0 Å². The molecule has 104 valence electrons. The van der Waals surface area contributed by atoms with Crippen LogP contribution in [0.4, 0.5) is 0 Å². The van der Waals surface area contributed by atoms with E-state index in [2.05, 4.69) is 15.1 Å². The number of hydrogen-bond donors (Lipinski definition) is 1. The van der Waals surface area contributed by atoms with Crippen molar-refractivity contribution in [1.29, 1.82) is 0 Å². The Morgan fingerprint density at radius 2 is 2.30 bits per heavy atom. The third-order valence-electron chi connectivity index (χ3n) is 3.10. The predicted molar refractivity (Wildman–Crippen MR) is 73.0 cm³/mol. The molecule has 0 atom stereocenters. The quantitative estimate of drug-likeness (QED) is 0.763. The average Bonchev–Trinajstić information content (AvgIpc) is 3.00. The first-order valence-electron chi connectivity index (χ1n) is 6.24. The first-order valence-corrected chi connectivity index (χ1v) is 6.24. The van der Waals surface area contributed by atoms with E-state index in [0.29, 0.717) is 23.4 Å². The van der Waals surface area contributed by atoms with Crippen LogP contribution in [0, 0.1) is 0 Å². The Morgan fingerprint density at radius 1 is 1.45 bits per heavy atom. The molecule has 0 bridgehead atoms. The van der Waals surface area contributed by atoms with Crippen molar-refractivity contribution in [3.63, 3.8) is 0 Å². The third kappa shape index (κ3) is 2.35. The van der Waals surface area contributed by atoms with E-state index in [-0.39, 0.29) is 5.56 Å². The molecule has 3 aromatic heterocycles. The van der Waals surface area contributed by atoms with Crippen LogP contribution in [0.25, 0.3) is 11.0 Å². The molecule has 0 aromatic carbocycles. The molecule has 0 aliphatic heterocycles. The van der Waals surface area contributed by atoms with E-state index in [1.54, 1.807) is 24.3 Å². The van der Waals surface area contributed by atoms with Gasteiger partial charge in [-0.25, -0.2) is 4.98 Å². The molecular weight excluding hydrogens is 258 g/mol. The lowest BCUT2D eigenvalue weighted by Gasteiger charge is -2.14. The molecule has 0 spiro atoms. The van der Waals surface area contributed by atoms with Crippen molar-refractivity contribution in [2.45, 2.75) is 13.1 Å². The summed E-state index contributed by atoms with van der Waals surface area (Å²) in [6, 6.07) is 1.91. The summed E-state index contributed by atoms with van der Waals surface area (Å²) in [7, 11) is 3.73. The Labute approximate surface area is 114 Å². The van der Waals surface area contributed by atoms with Gasteiger partial charge in [-0.15, -0.1) is 0 Å². The SMILES string of the molecule is CN(Cc1ccoc1)Cc1nc2c(cnn2C)c(=O)[nH]1. The van der Waals surface area contributed by atoms with Crippen molar-refractivity contribution < 1.29 is 4.42 Å². The molecule has 7 nitrogen and oxygen atoms in total. The Balaban J connectivity index is 1.83. The maximum absolute atomic E-state index is 11.9. The number of hydrogen-bond acceptors (Lipinski definition) is 5. The van der Waals surface area contributed by atoms with Gasteiger partial charge in [0.1, 0.15) is 11.2 Å². The summed E-state index contributed by atoms with van der Waals surface area (Å²) >= 11 is 0. The lowest BCUT2D eigenvalue weighted by Crippen LogP contribution is -2.21. The molecule has 0 unspecified atom stereocenters. The van der Waals surface area contributed by atoms with Crippen LogP contribution >= 0.6 is 0 Å². The Kier molecular flexibility index (Phi) is 3.11. The Morgan fingerprint density at radius 3 is 3.05 bits per heavy atom. The molecule has 3 heterocycles. The molecule has 0 amide bonds. The molecule has 3 aromatic rings. The lowest BCUT2D eigenvalue weighted by molar-refractivity contribution is 0.309. The second kappa shape index (κ2) is 4.93. The third-order valence-corrected chi connectivity index (χ3v) is 3.10. The van der Waals surface area contributed by atoms with E-state index in [9.17, 15) is 4.79 Å². The summed E-state index contributed by atoms with van der Waals surface area (Å²) in [6.07, 6.45) is 4.88. The summed E-state index contributed by atoms with van der Waals surface area (Å²) in [5, 5.41) is 4.55. The van der Waals surface area contributed by atoms with E-state index in [4.69, 9.17) is 4.42 Å². The summed E-state index contributed by atoms with van der Waals surface area (Å²) in [4.78, 5) is 21.2. The minimum Gasteiger partial charge on any atom is -0.472 e. The molecule has 0 aliphatic carbocycles. The van der Waals surface area contributed by atoms with Gasteiger partial charge in [0.05, 0.1) is 25.3 Å². The fourth-order valence-electron chi connectivity index (χ4n) is 2.16. The molecule has 1 N–H and O–H groups in total. The highest BCUT2D eigenvalue weighted by Gasteiger charge is 2.10. The largest absolute Gasteiger partial charge is 0.472 e. The van der Waals surface area contributed by atoms with Gasteiger partial charge in [-0.3, -0.25) is 14.4 Å². The molecule has 0 aliphatic rings. The fourth-order valence-corrected chi connectivity index (χ4v) is 2.16. The number of H-pyrrole nitrogens is 1. The van der Waals surface area contributed by atoms with Gasteiger partial charge in [-0.05, 0) is 13.1 Å². The standard InChI is InChI=1S/C13H15N5O2/c1-17(6-9-3-4-20-8-9)7-11-15-12-10(13(19)16-11)5-14-18(12)2/h3-5,8H,6-7H2,1-2H3,(H,15,16,19). The highest BCUT2D eigenvalue weighted by atomic mass is 16.3. The summed E-state index contributed by atoms with van der Waals surface area (Å²) in [5.74, 6) is 0.622. The number of aromatic amines is 1. The zero-order chi connectivity index (χ0) is 14.1. The monoisotopic (exact) mass is 273 g/mol. The Bertz CT molecular complexity index is 772. The maximum atomic E-state index is 11.9. The van der Waals surface area contributed by atoms with Crippen LogP contribution in [0.5, 0.6) is 0 Å². The van der Waals surface area contributed by atoms with E-state index in [0.717, 1.165) is 12.1 Å². The van der Waals surface area contributed by atoms with Gasteiger partial charge in [-0.1, -0.05) is 0 Å². The Hall–Kier alpha value is -2.41. The van der Waals surface area contributed by atoms with E-state index in [1.807, 2.05) is 18.0 Å². The molecule has 3 rings (SSSR count). The van der Waals surface area contributed by atoms with Crippen molar-refractivity contribution in [2.24, 2.45) is 7.05 Å². The highest BCUT2D eigenvalue weighted by Crippen LogP contribution is 2.08. The number of aryl methyl sites for hydroxylation is 1. The van der Waals surface area contributed by atoms with Crippen molar-refractivity contribution in [3.8, 4) is 0 Å². The van der Waals surface area contributed by atoms with Crippen molar-refractivity contribution in [3.05, 3.63) is 46.5 Å². The van der Waals surface area contributed by atoms with E-state index < -0.39 is 0 Å². The minimum atomic E-state index is -0.158. The normalized spacial score (nSPS) is 11.6. The molecule has 7 heteroatoms. The zero-order valence-corrected chi connectivity index (χ0v) is 11.3. The average molecular weight is 273 g/mol. The van der Waals surface area contributed by atoms with Gasteiger partial charge in [0.25, 0.3) is 5.56 Å². The zero-order valence-electron chi connectivity index (χ0n) is 11.3. The van der Waals surface area contributed by atoms with Crippen LogP contribution in [-0.4, -0.2) is 31.7 Å². The molecule has 20 heavy (non-hydrogen) atoms. The highest BCUT2D eigenvalue weighted by molar-refractivity contribution is 5.72. The van der Waals surface area contributed by atoms with Crippen molar-refractivity contribution in [2.75, 3.05) is 7.05 Å². The van der Waals surface area contributed by atoms with Gasteiger partial charge in [0.2, 0.25) is 0 Å². The van der Waals surface area contributed by atoms with Gasteiger partial charge in [0.15, 0.2) is 5.65 Å². The topological polar surface area (TPSA) is 79.9 Å². The maximum Gasteiger partial charge on any atom is 0.262 e. The first kappa shape index (κ1) is 12.6.